The van der Waals surface area contributed by atoms with Crippen LogP contribution in [0.2, 0.25) is 0 Å². The molecule has 5 rings (SSSR count). The standard InChI is InChI=1S/C43H67N7O9/c1-10-15-31-35(51)27(5)38(58-40-36(52)32(45)20-26(4)56-40)42(7,55-9)22-25(3)23-46-28(6)37-43(8,34(11-2)57-39(31)53)59-41(54)50(37)19-13-12-18-49-24-33(47-48-49)29-16-14-17-30(44)21-29/h10,14,16-17,21,24-28,31-32,34,36-38,40,46,52H,1,11-13,15,18-20,22-23,44-45H2,2-9H3/t25-,26-,27+,28-,31-,32?,34-,36?,37-,38-,40+,42-,43-/m1/s1. The minimum Gasteiger partial charge on any atom is -0.457 e. The van der Waals surface area contributed by atoms with Crippen molar-refractivity contribution in [1.29, 1.82) is 0 Å². The number of fused-ring (bicyclic) bond motifs is 1. The second kappa shape index (κ2) is 19.6. The number of benzene rings is 1. The summed E-state index contributed by atoms with van der Waals surface area (Å²) in [5, 5.41) is 23.3. The number of ketones is 1. The molecule has 328 valence electrons. The van der Waals surface area contributed by atoms with E-state index in [9.17, 15) is 19.5 Å². The molecule has 2 aromatic rings. The number of allylic oxidation sites excluding steroid dienone is 1. The van der Waals surface area contributed by atoms with Gasteiger partial charge in [0.1, 0.15) is 23.8 Å². The molecule has 3 aliphatic heterocycles. The predicted molar refractivity (Wildman–Crippen MR) is 222 cm³/mol. The number of amides is 1. The molecule has 0 spiro atoms. The number of aliphatic hydroxyl groups is 1. The van der Waals surface area contributed by atoms with E-state index in [0.717, 1.165) is 11.3 Å². The summed E-state index contributed by atoms with van der Waals surface area (Å²) in [5.74, 6) is -3.39. The van der Waals surface area contributed by atoms with Crippen LogP contribution in [-0.2, 0) is 39.8 Å². The Hall–Kier alpha value is -3.93. The second-order valence-corrected chi connectivity index (χ2v) is 17.3. The number of Topliss-reactive ketones (excluding diaryl/α,β-unsaturated/α-hetero) is 1. The van der Waals surface area contributed by atoms with Gasteiger partial charge >= 0.3 is 12.1 Å². The molecule has 16 heteroatoms. The Morgan fingerprint density at radius 1 is 1.14 bits per heavy atom. The third kappa shape index (κ3) is 10.3. The molecule has 0 aliphatic carbocycles. The Bertz CT molecular complexity index is 1760. The van der Waals surface area contributed by atoms with Crippen molar-refractivity contribution in [2.24, 2.45) is 23.5 Å². The first-order valence-electron chi connectivity index (χ1n) is 21.1. The summed E-state index contributed by atoms with van der Waals surface area (Å²) >= 11 is 0. The van der Waals surface area contributed by atoms with Gasteiger partial charge in [-0.2, -0.15) is 0 Å². The Kier molecular flexibility index (Phi) is 15.4. The molecule has 3 aliphatic rings. The molecule has 0 radical (unpaired) electrons. The topological polar surface area (TPSA) is 216 Å². The molecule has 59 heavy (non-hydrogen) atoms. The number of unbranched alkanes of at least 4 members (excludes halogenated alkanes) is 1. The summed E-state index contributed by atoms with van der Waals surface area (Å²) in [6.45, 7) is 18.5. The van der Waals surface area contributed by atoms with Gasteiger partial charge in [0.25, 0.3) is 0 Å². The van der Waals surface area contributed by atoms with Crippen molar-refractivity contribution in [1.82, 2.24) is 25.2 Å². The second-order valence-electron chi connectivity index (χ2n) is 17.3. The number of rotatable bonds is 12. The number of aryl methyl sites for hydroxylation is 1. The summed E-state index contributed by atoms with van der Waals surface area (Å²) in [7, 11) is 1.56. The van der Waals surface area contributed by atoms with E-state index in [1.165, 1.54) is 6.08 Å². The van der Waals surface area contributed by atoms with Crippen LogP contribution in [0.3, 0.4) is 0 Å². The maximum Gasteiger partial charge on any atom is 0.410 e. The van der Waals surface area contributed by atoms with Crippen molar-refractivity contribution < 1.29 is 43.2 Å². The molecular formula is C43H67N7O9. The molecule has 1 amide bonds. The van der Waals surface area contributed by atoms with E-state index >= 15 is 0 Å². The molecule has 2 unspecified atom stereocenters. The van der Waals surface area contributed by atoms with Gasteiger partial charge in [0, 0.05) is 49.5 Å². The number of cyclic esters (lactones) is 1. The highest BCUT2D eigenvalue weighted by Crippen LogP contribution is 2.40. The molecule has 1 aromatic heterocycles. The smallest absolute Gasteiger partial charge is 0.410 e. The quantitative estimate of drug-likeness (QED) is 0.0775. The van der Waals surface area contributed by atoms with Gasteiger partial charge in [0.05, 0.1) is 30.0 Å². The van der Waals surface area contributed by atoms with Crippen LogP contribution in [-0.4, -0.2) is 123 Å². The summed E-state index contributed by atoms with van der Waals surface area (Å²) in [6, 6.07) is 6.02. The molecule has 16 nitrogen and oxygen atoms in total. The maximum absolute atomic E-state index is 14.6. The Balaban J connectivity index is 1.41. The maximum atomic E-state index is 14.6. The summed E-state index contributed by atoms with van der Waals surface area (Å²) in [6.07, 6.45) is 1.00. The van der Waals surface area contributed by atoms with E-state index in [1.54, 1.807) is 23.6 Å². The average molecular weight is 826 g/mol. The van der Waals surface area contributed by atoms with Crippen molar-refractivity contribution >= 4 is 23.5 Å². The third-order valence-electron chi connectivity index (χ3n) is 12.5. The number of carbonyl (C=O) groups is 3. The van der Waals surface area contributed by atoms with E-state index in [2.05, 4.69) is 29.1 Å². The molecular weight excluding hydrogens is 759 g/mol. The molecule has 0 saturated carbocycles. The number of nitrogens with zero attached hydrogens (tertiary/aromatic N) is 4. The fourth-order valence-electron chi connectivity index (χ4n) is 9.28. The van der Waals surface area contributed by atoms with Gasteiger partial charge in [0.2, 0.25) is 0 Å². The Morgan fingerprint density at radius 2 is 1.86 bits per heavy atom. The van der Waals surface area contributed by atoms with E-state index < -0.39 is 77.6 Å². The number of aromatic nitrogens is 3. The van der Waals surface area contributed by atoms with Crippen LogP contribution in [0, 0.1) is 17.8 Å². The SMILES string of the molecule is C=CC[C@H]1C(=O)O[C@H](CC)[C@@]2(C)OC(=O)N(CCCCn3cc(-c4cccc(N)c4)nn3)[C@@H]2[C@@H](C)NC[C@H](C)C[C@@](C)(OC)[C@H](O[C@@H]2O[C@H](C)CC(N)C2O)[C@@H](C)C1=O. The molecule has 3 fully saturated rings. The number of esters is 1. The van der Waals surface area contributed by atoms with E-state index in [4.69, 9.17) is 35.2 Å². The van der Waals surface area contributed by atoms with Gasteiger partial charge in [0.15, 0.2) is 17.7 Å². The van der Waals surface area contributed by atoms with Crippen molar-refractivity contribution in [3.05, 3.63) is 43.1 Å². The zero-order valence-corrected chi connectivity index (χ0v) is 36.0. The average Bonchev–Trinajstić information content (AvgIpc) is 3.77. The zero-order valence-electron chi connectivity index (χ0n) is 36.0. The number of ether oxygens (including phenoxy) is 5. The number of carbonyl (C=O) groups excluding carboxylic acids is 3. The lowest BCUT2D eigenvalue weighted by Crippen LogP contribution is -2.61. The third-order valence-corrected chi connectivity index (χ3v) is 12.5. The highest BCUT2D eigenvalue weighted by molar-refractivity contribution is 6.00. The largest absolute Gasteiger partial charge is 0.457 e. The Labute approximate surface area is 348 Å². The summed E-state index contributed by atoms with van der Waals surface area (Å²) in [4.78, 5) is 44.5. The fraction of sp³-hybridized carbons (Fsp3) is 0.698. The van der Waals surface area contributed by atoms with E-state index in [1.807, 2.05) is 65.1 Å². The van der Waals surface area contributed by atoms with Crippen molar-refractivity contribution in [3.63, 3.8) is 0 Å². The van der Waals surface area contributed by atoms with Crippen LogP contribution in [0.1, 0.15) is 87.0 Å². The van der Waals surface area contributed by atoms with E-state index in [-0.39, 0.29) is 24.5 Å². The van der Waals surface area contributed by atoms with Crippen LogP contribution < -0.4 is 16.8 Å². The van der Waals surface area contributed by atoms with Gasteiger partial charge < -0.3 is 45.6 Å². The number of hydrogen-bond donors (Lipinski definition) is 4. The highest BCUT2D eigenvalue weighted by atomic mass is 16.7. The number of methoxy groups -OCH3 is 1. The van der Waals surface area contributed by atoms with Crippen LogP contribution in [0.25, 0.3) is 11.3 Å². The highest BCUT2D eigenvalue weighted by Gasteiger charge is 2.59. The minimum atomic E-state index is -1.26. The first-order chi connectivity index (χ1) is 28.0. The predicted octanol–water partition coefficient (Wildman–Crippen LogP) is 4.24. The van der Waals surface area contributed by atoms with Crippen LogP contribution in [0.15, 0.2) is 43.1 Å². The lowest BCUT2D eigenvalue weighted by molar-refractivity contribution is -0.288. The van der Waals surface area contributed by atoms with Crippen molar-refractivity contribution in [3.8, 4) is 11.3 Å². The molecule has 4 heterocycles. The first-order valence-corrected chi connectivity index (χ1v) is 21.1. The van der Waals surface area contributed by atoms with Gasteiger partial charge in [-0.25, -0.2) is 4.79 Å². The number of nitrogens with two attached hydrogens (primary N) is 2. The van der Waals surface area contributed by atoms with E-state index in [0.29, 0.717) is 57.4 Å². The number of nitrogens with one attached hydrogen (secondary N) is 1. The van der Waals surface area contributed by atoms with Crippen molar-refractivity contribution in [2.45, 2.75) is 154 Å². The lowest BCUT2D eigenvalue weighted by Gasteiger charge is -2.45. The van der Waals surface area contributed by atoms with Gasteiger partial charge in [-0.15, -0.1) is 11.7 Å². The molecule has 3 saturated heterocycles. The summed E-state index contributed by atoms with van der Waals surface area (Å²) in [5.41, 5.74) is 12.1. The van der Waals surface area contributed by atoms with Gasteiger partial charge in [-0.1, -0.05) is 44.2 Å². The number of aliphatic hydroxyl groups excluding tert-OH is 1. The van der Waals surface area contributed by atoms with Crippen molar-refractivity contribution in [2.75, 3.05) is 25.9 Å². The lowest BCUT2D eigenvalue weighted by atomic mass is 9.77. The van der Waals surface area contributed by atoms with Crippen LogP contribution in [0.4, 0.5) is 10.5 Å². The van der Waals surface area contributed by atoms with Crippen LogP contribution >= 0.6 is 0 Å². The number of nitrogen functional groups attached to an aromatic ring is 1. The number of hydrogen-bond acceptors (Lipinski definition) is 14. The van der Waals surface area contributed by atoms with Gasteiger partial charge in [-0.05, 0) is 90.8 Å². The zero-order chi connectivity index (χ0) is 43.2. The normalized spacial score (nSPS) is 36.3. The van der Waals surface area contributed by atoms with Gasteiger partial charge in [-0.3, -0.25) is 19.2 Å². The molecule has 1 aromatic carbocycles. The van der Waals surface area contributed by atoms with Crippen LogP contribution in [0.5, 0.6) is 0 Å². The molecule has 6 N–H and O–H groups in total. The fourth-order valence-corrected chi connectivity index (χ4v) is 9.28. The monoisotopic (exact) mass is 826 g/mol. The minimum absolute atomic E-state index is 0.00636. The summed E-state index contributed by atoms with van der Waals surface area (Å²) < 4.78 is 33.1. The Morgan fingerprint density at radius 3 is 2.54 bits per heavy atom. The molecule has 13 atom stereocenters. The molecule has 0 bridgehead atoms. The first kappa shape index (κ1) is 46.1. The number of anilines is 1.